The molecule has 1 fully saturated rings. The number of H-pyrrole nitrogens is 1. The summed E-state index contributed by atoms with van der Waals surface area (Å²) >= 11 is 0. The fourth-order valence-electron chi connectivity index (χ4n) is 4.72. The molecule has 8 nitrogen and oxygen atoms in total. The van der Waals surface area contributed by atoms with Crippen LogP contribution in [0.4, 0.5) is 14.9 Å². The van der Waals surface area contributed by atoms with Gasteiger partial charge in [-0.3, -0.25) is 4.90 Å². The molecule has 3 heterocycles. The van der Waals surface area contributed by atoms with Crippen LogP contribution in [-0.2, 0) is 6.42 Å². The van der Waals surface area contributed by atoms with Crippen molar-refractivity contribution in [3.05, 3.63) is 70.5 Å². The van der Waals surface area contributed by atoms with Crippen LogP contribution in [0, 0.1) is 5.82 Å². The van der Waals surface area contributed by atoms with Crippen LogP contribution in [-0.4, -0.2) is 53.9 Å². The van der Waals surface area contributed by atoms with Gasteiger partial charge in [-0.2, -0.15) is 0 Å². The predicted molar refractivity (Wildman–Crippen MR) is 131 cm³/mol. The highest BCUT2D eigenvalue weighted by Crippen LogP contribution is 2.27. The average molecular weight is 480 g/mol. The molecular weight excluding hydrogens is 453 g/mol. The van der Waals surface area contributed by atoms with Crippen LogP contribution in [0.3, 0.4) is 0 Å². The van der Waals surface area contributed by atoms with Gasteiger partial charge in [0, 0.05) is 66.9 Å². The van der Waals surface area contributed by atoms with E-state index in [2.05, 4.69) is 9.88 Å². The summed E-state index contributed by atoms with van der Waals surface area (Å²) in [5.74, 6) is -0.0756. The highest BCUT2D eigenvalue weighted by molar-refractivity contribution is 5.85. The van der Waals surface area contributed by atoms with Crippen molar-refractivity contribution < 1.29 is 23.4 Å². The van der Waals surface area contributed by atoms with Crippen molar-refractivity contribution in [1.29, 1.82) is 0 Å². The van der Waals surface area contributed by atoms with Gasteiger partial charge in [0.1, 0.15) is 17.1 Å². The number of halogens is 1. The number of aryl methyl sites for hydroxylation is 1. The summed E-state index contributed by atoms with van der Waals surface area (Å²) in [6.07, 6.45) is 3.66. The summed E-state index contributed by atoms with van der Waals surface area (Å²) in [6, 6.07) is 11.3. The smallest absolute Gasteiger partial charge is 0.449 e. The molecule has 2 N–H and O–H groups in total. The van der Waals surface area contributed by atoms with Crippen molar-refractivity contribution >= 4 is 33.7 Å². The Morgan fingerprint density at radius 2 is 1.91 bits per heavy atom. The third-order valence-electron chi connectivity index (χ3n) is 6.52. The minimum atomic E-state index is -1.32. The van der Waals surface area contributed by atoms with Crippen molar-refractivity contribution in [2.45, 2.75) is 19.3 Å². The SMILES string of the molecule is O=C(O)Oc1ccc2c(CCCCN3CCN(c4cc5ccc(=O)oc5cc4F)CC3)c[nH]c2c1. The minimum Gasteiger partial charge on any atom is -0.449 e. The molecule has 4 aromatic rings. The topological polar surface area (TPSA) is 99.0 Å². The zero-order valence-electron chi connectivity index (χ0n) is 19.1. The lowest BCUT2D eigenvalue weighted by molar-refractivity contribution is 0.144. The zero-order valence-corrected chi connectivity index (χ0v) is 19.1. The zero-order chi connectivity index (χ0) is 24.4. The molecule has 5 rings (SSSR count). The van der Waals surface area contributed by atoms with E-state index in [1.807, 2.05) is 17.2 Å². The first-order valence-corrected chi connectivity index (χ1v) is 11.7. The molecule has 1 saturated heterocycles. The number of hydrogen-bond donors (Lipinski definition) is 2. The Morgan fingerprint density at radius 1 is 1.09 bits per heavy atom. The third-order valence-corrected chi connectivity index (χ3v) is 6.52. The van der Waals surface area contributed by atoms with E-state index < -0.39 is 11.8 Å². The fourth-order valence-corrected chi connectivity index (χ4v) is 4.72. The lowest BCUT2D eigenvalue weighted by atomic mass is 10.1. The molecule has 0 amide bonds. The summed E-state index contributed by atoms with van der Waals surface area (Å²) in [5, 5.41) is 10.5. The number of unbranched alkanes of at least 4 members (excludes halogenated alkanes) is 1. The van der Waals surface area contributed by atoms with Gasteiger partial charge in [-0.1, -0.05) is 0 Å². The van der Waals surface area contributed by atoms with E-state index in [4.69, 9.17) is 14.3 Å². The van der Waals surface area contributed by atoms with Crippen LogP contribution < -0.4 is 15.3 Å². The number of rotatable bonds is 7. The molecule has 0 atom stereocenters. The van der Waals surface area contributed by atoms with Crippen LogP contribution in [0.1, 0.15) is 18.4 Å². The summed E-state index contributed by atoms with van der Waals surface area (Å²) in [4.78, 5) is 29.7. The van der Waals surface area contributed by atoms with Crippen molar-refractivity contribution in [2.24, 2.45) is 0 Å². The Hall–Kier alpha value is -3.85. The number of ether oxygens (including phenoxy) is 1. The van der Waals surface area contributed by atoms with Gasteiger partial charge in [-0.15, -0.1) is 0 Å². The number of fused-ring (bicyclic) bond motifs is 2. The number of nitrogens with zero attached hydrogens (tertiary/aromatic N) is 2. The number of aromatic amines is 1. The molecule has 0 saturated carbocycles. The molecule has 1 aliphatic rings. The van der Waals surface area contributed by atoms with Gasteiger partial charge in [-0.25, -0.2) is 14.0 Å². The molecular formula is C26H26FN3O5. The highest BCUT2D eigenvalue weighted by Gasteiger charge is 2.20. The van der Waals surface area contributed by atoms with E-state index in [1.54, 1.807) is 24.3 Å². The first-order chi connectivity index (χ1) is 17.0. The lowest BCUT2D eigenvalue weighted by Crippen LogP contribution is -2.46. The van der Waals surface area contributed by atoms with Gasteiger partial charge in [0.2, 0.25) is 0 Å². The largest absolute Gasteiger partial charge is 0.511 e. The second-order valence-corrected chi connectivity index (χ2v) is 8.77. The van der Waals surface area contributed by atoms with E-state index in [9.17, 15) is 14.0 Å². The van der Waals surface area contributed by atoms with Crippen molar-refractivity contribution in [3.8, 4) is 5.75 Å². The molecule has 0 radical (unpaired) electrons. The Morgan fingerprint density at radius 3 is 2.71 bits per heavy atom. The second-order valence-electron chi connectivity index (χ2n) is 8.77. The van der Waals surface area contributed by atoms with Crippen molar-refractivity contribution in [3.63, 3.8) is 0 Å². The summed E-state index contributed by atoms with van der Waals surface area (Å²) in [5.41, 5.74) is 2.39. The number of aromatic nitrogens is 1. The summed E-state index contributed by atoms with van der Waals surface area (Å²) in [7, 11) is 0. The first-order valence-electron chi connectivity index (χ1n) is 11.7. The quantitative estimate of drug-likeness (QED) is 0.173. The molecule has 0 bridgehead atoms. The van der Waals surface area contributed by atoms with Crippen LogP contribution in [0.15, 0.2) is 57.9 Å². The van der Waals surface area contributed by atoms with Crippen LogP contribution in [0.25, 0.3) is 21.9 Å². The Bertz CT molecular complexity index is 1420. The number of anilines is 1. The minimum absolute atomic E-state index is 0.265. The highest BCUT2D eigenvalue weighted by atomic mass is 19.1. The maximum Gasteiger partial charge on any atom is 0.511 e. The summed E-state index contributed by atoms with van der Waals surface area (Å²) < 4.78 is 24.4. The van der Waals surface area contributed by atoms with Gasteiger partial charge in [0.25, 0.3) is 0 Å². The molecule has 1 aliphatic heterocycles. The number of hydrogen-bond acceptors (Lipinski definition) is 6. The Balaban J connectivity index is 1.11. The van der Waals surface area contributed by atoms with E-state index in [1.165, 1.54) is 17.7 Å². The van der Waals surface area contributed by atoms with Crippen molar-refractivity contribution in [2.75, 3.05) is 37.6 Å². The van der Waals surface area contributed by atoms with Crippen LogP contribution >= 0.6 is 0 Å². The predicted octanol–water partition coefficient (Wildman–Crippen LogP) is 4.62. The van der Waals surface area contributed by atoms with Crippen LogP contribution in [0.2, 0.25) is 0 Å². The van der Waals surface area contributed by atoms with E-state index in [0.717, 1.165) is 62.9 Å². The maximum atomic E-state index is 14.7. The fraction of sp³-hybridized carbons (Fsp3) is 0.308. The number of carboxylic acid groups (broad SMARTS) is 1. The number of carbonyl (C=O) groups is 1. The van der Waals surface area contributed by atoms with E-state index >= 15 is 0 Å². The number of piperazine rings is 1. The van der Waals surface area contributed by atoms with Gasteiger partial charge < -0.3 is 24.1 Å². The third kappa shape index (κ3) is 5.14. The first kappa shape index (κ1) is 22.9. The molecule has 2 aromatic heterocycles. The summed E-state index contributed by atoms with van der Waals surface area (Å²) in [6.45, 7) is 4.19. The Labute approximate surface area is 200 Å². The van der Waals surface area contributed by atoms with E-state index in [-0.39, 0.29) is 11.4 Å². The van der Waals surface area contributed by atoms with Gasteiger partial charge >= 0.3 is 11.8 Å². The van der Waals surface area contributed by atoms with Gasteiger partial charge in [-0.05, 0) is 55.6 Å². The van der Waals surface area contributed by atoms with Crippen LogP contribution in [0.5, 0.6) is 5.75 Å². The van der Waals surface area contributed by atoms with Crippen molar-refractivity contribution in [1.82, 2.24) is 9.88 Å². The normalized spacial score (nSPS) is 14.6. The maximum absolute atomic E-state index is 14.7. The van der Waals surface area contributed by atoms with Gasteiger partial charge in [0.15, 0.2) is 0 Å². The second kappa shape index (κ2) is 9.79. The molecule has 0 unspecified atom stereocenters. The molecule has 0 spiro atoms. The lowest BCUT2D eigenvalue weighted by Gasteiger charge is -2.36. The molecule has 182 valence electrons. The monoisotopic (exact) mass is 479 g/mol. The average Bonchev–Trinajstić information content (AvgIpc) is 3.23. The molecule has 35 heavy (non-hydrogen) atoms. The number of benzene rings is 2. The Kier molecular flexibility index (Phi) is 6.41. The number of nitrogens with one attached hydrogen (secondary N) is 1. The molecule has 9 heteroatoms. The van der Waals surface area contributed by atoms with Gasteiger partial charge in [0.05, 0.1) is 5.69 Å². The standard InChI is InChI=1S/C26H26FN3O5/c27-21-15-24-17(4-7-25(31)35-24)13-23(21)30-11-9-29(10-12-30)8-2-1-3-18-16-28-22-14-19(34-26(32)33)5-6-20(18)22/h4-7,13-16,28H,1-3,8-12H2,(H,32,33). The molecule has 0 aliphatic carbocycles. The van der Waals surface area contributed by atoms with E-state index in [0.29, 0.717) is 16.8 Å². The molecule has 2 aromatic carbocycles.